The quantitative estimate of drug-likeness (QED) is 0.231. The molecule has 1 aliphatic heterocycles. The monoisotopic (exact) mass is 488 g/mol. The molecule has 1 aromatic rings. The van der Waals surface area contributed by atoms with Crippen molar-refractivity contribution in [3.63, 3.8) is 0 Å². The summed E-state index contributed by atoms with van der Waals surface area (Å²) in [6, 6.07) is 4.43. The van der Waals surface area contributed by atoms with Gasteiger partial charge in [0, 0.05) is 19.1 Å². The minimum atomic E-state index is -0.0722. The van der Waals surface area contributed by atoms with Crippen molar-refractivity contribution in [1.29, 1.82) is 0 Å². The molecule has 0 aromatic heterocycles. The highest BCUT2D eigenvalue weighted by molar-refractivity contribution is 5.47. The molecule has 3 nitrogen and oxygen atoms in total. The summed E-state index contributed by atoms with van der Waals surface area (Å²) in [4.78, 5) is 0. The Morgan fingerprint density at radius 3 is 2.09 bits per heavy atom. The van der Waals surface area contributed by atoms with Crippen LogP contribution >= 0.6 is 0 Å². The Hall–Kier alpha value is -1.06. The van der Waals surface area contributed by atoms with Crippen LogP contribution in [-0.4, -0.2) is 29.0 Å². The Kier molecular flexibility index (Phi) is 13.1. The highest BCUT2D eigenvalue weighted by atomic mass is 16.5. The van der Waals surface area contributed by atoms with Gasteiger partial charge in [-0.05, 0) is 86.8 Å². The fourth-order valence-corrected chi connectivity index (χ4v) is 5.82. The molecule has 0 aliphatic carbocycles. The first-order chi connectivity index (χ1) is 16.7. The van der Waals surface area contributed by atoms with Gasteiger partial charge in [-0.25, -0.2) is 0 Å². The van der Waals surface area contributed by atoms with Gasteiger partial charge >= 0.3 is 0 Å². The van der Waals surface area contributed by atoms with E-state index in [2.05, 4.69) is 53.7 Å². The number of aryl methyl sites for hydroxylation is 2. The molecule has 3 heteroatoms. The first-order valence-corrected chi connectivity index (χ1v) is 14.7. The summed E-state index contributed by atoms with van der Waals surface area (Å²) in [5, 5.41) is 19.0. The Balaban J connectivity index is 1.77. The second kappa shape index (κ2) is 15.3. The van der Waals surface area contributed by atoms with Crippen LogP contribution in [0.2, 0.25) is 0 Å². The summed E-state index contributed by atoms with van der Waals surface area (Å²) in [6.07, 6.45) is 15.6. The number of benzene rings is 1. The second-order valence-electron chi connectivity index (χ2n) is 12.5. The predicted molar refractivity (Wildman–Crippen MR) is 149 cm³/mol. The maximum atomic E-state index is 9.85. The molecular formula is C32H56O3. The Morgan fingerprint density at radius 1 is 0.857 bits per heavy atom. The standard InChI is InChI=1S/C32H56O3/c1-24(2)11-7-12-25(3)13-8-14-26(4)15-9-18-32(6)19-17-28-22-30(21-27(5)31(28)35-32)29(23-34)16-10-20-33/h21-22,24-26,29,33-34H,7-20,23H2,1-6H3/t25-,26-,29?,32?/m1/s1. The van der Waals surface area contributed by atoms with Crippen molar-refractivity contribution in [2.75, 3.05) is 13.2 Å². The topological polar surface area (TPSA) is 49.7 Å². The minimum absolute atomic E-state index is 0.0722. The largest absolute Gasteiger partial charge is 0.487 e. The van der Waals surface area contributed by atoms with Gasteiger partial charge in [0.15, 0.2) is 0 Å². The molecule has 2 rings (SSSR count). The van der Waals surface area contributed by atoms with E-state index in [1.807, 2.05) is 0 Å². The number of fused-ring (bicyclic) bond motifs is 1. The molecule has 4 atom stereocenters. The van der Waals surface area contributed by atoms with E-state index in [1.54, 1.807) is 0 Å². The molecule has 0 amide bonds. The van der Waals surface area contributed by atoms with Gasteiger partial charge in [0.25, 0.3) is 0 Å². The van der Waals surface area contributed by atoms with E-state index in [4.69, 9.17) is 4.74 Å². The van der Waals surface area contributed by atoms with Crippen LogP contribution in [0, 0.1) is 24.7 Å². The van der Waals surface area contributed by atoms with Crippen LogP contribution < -0.4 is 4.74 Å². The molecule has 1 heterocycles. The number of rotatable bonds is 17. The molecule has 2 N–H and O–H groups in total. The lowest BCUT2D eigenvalue weighted by atomic mass is 9.84. The van der Waals surface area contributed by atoms with E-state index >= 15 is 0 Å². The lowest BCUT2D eigenvalue weighted by Crippen LogP contribution is -2.36. The van der Waals surface area contributed by atoms with Crippen molar-refractivity contribution in [2.24, 2.45) is 17.8 Å². The molecule has 0 spiro atoms. The number of ether oxygens (including phenoxy) is 1. The Bertz CT molecular complexity index is 728. The average molecular weight is 489 g/mol. The van der Waals surface area contributed by atoms with Gasteiger partial charge in [-0.2, -0.15) is 0 Å². The summed E-state index contributed by atoms with van der Waals surface area (Å²) in [7, 11) is 0. The molecule has 0 saturated heterocycles. The third-order valence-electron chi connectivity index (χ3n) is 8.32. The summed E-state index contributed by atoms with van der Waals surface area (Å²) in [5.41, 5.74) is 3.59. The van der Waals surface area contributed by atoms with Crippen LogP contribution in [0.15, 0.2) is 12.1 Å². The molecule has 1 aliphatic rings. The fraction of sp³-hybridized carbons (Fsp3) is 0.812. The fourth-order valence-electron chi connectivity index (χ4n) is 5.82. The minimum Gasteiger partial charge on any atom is -0.487 e. The van der Waals surface area contributed by atoms with E-state index in [9.17, 15) is 10.2 Å². The normalized spacial score (nSPS) is 20.4. The first-order valence-electron chi connectivity index (χ1n) is 14.7. The van der Waals surface area contributed by atoms with Crippen LogP contribution in [-0.2, 0) is 6.42 Å². The van der Waals surface area contributed by atoms with E-state index in [0.717, 1.165) is 55.6 Å². The maximum absolute atomic E-state index is 9.85. The molecule has 0 fully saturated rings. The lowest BCUT2D eigenvalue weighted by molar-refractivity contribution is 0.0515. The van der Waals surface area contributed by atoms with E-state index < -0.39 is 0 Å². The number of aliphatic hydroxyl groups is 2. The highest BCUT2D eigenvalue weighted by Crippen LogP contribution is 2.40. The van der Waals surface area contributed by atoms with Gasteiger partial charge < -0.3 is 14.9 Å². The third-order valence-corrected chi connectivity index (χ3v) is 8.32. The zero-order valence-electron chi connectivity index (χ0n) is 23.9. The zero-order chi connectivity index (χ0) is 25.8. The van der Waals surface area contributed by atoms with Crippen molar-refractivity contribution in [2.45, 2.75) is 137 Å². The van der Waals surface area contributed by atoms with Gasteiger partial charge in [-0.15, -0.1) is 0 Å². The van der Waals surface area contributed by atoms with E-state index in [1.165, 1.54) is 68.1 Å². The smallest absolute Gasteiger partial charge is 0.126 e. The molecule has 35 heavy (non-hydrogen) atoms. The van der Waals surface area contributed by atoms with Crippen LogP contribution in [0.4, 0.5) is 0 Å². The summed E-state index contributed by atoms with van der Waals surface area (Å²) in [6.45, 7) is 14.3. The van der Waals surface area contributed by atoms with E-state index in [-0.39, 0.29) is 24.7 Å². The van der Waals surface area contributed by atoms with E-state index in [0.29, 0.717) is 0 Å². The number of hydrogen-bond acceptors (Lipinski definition) is 3. The maximum Gasteiger partial charge on any atom is 0.126 e. The van der Waals surface area contributed by atoms with Crippen LogP contribution in [0.25, 0.3) is 0 Å². The molecule has 202 valence electrons. The number of hydrogen-bond donors (Lipinski definition) is 2. The Morgan fingerprint density at radius 2 is 1.49 bits per heavy atom. The molecule has 2 unspecified atom stereocenters. The first kappa shape index (κ1) is 30.2. The van der Waals surface area contributed by atoms with Gasteiger partial charge in [0.1, 0.15) is 11.4 Å². The van der Waals surface area contributed by atoms with Crippen molar-refractivity contribution < 1.29 is 14.9 Å². The van der Waals surface area contributed by atoms with Gasteiger partial charge in [-0.3, -0.25) is 0 Å². The second-order valence-corrected chi connectivity index (χ2v) is 12.5. The van der Waals surface area contributed by atoms with Crippen molar-refractivity contribution in [3.05, 3.63) is 28.8 Å². The molecular weight excluding hydrogens is 432 g/mol. The zero-order valence-corrected chi connectivity index (χ0v) is 23.9. The molecule has 0 bridgehead atoms. The average Bonchev–Trinajstić information content (AvgIpc) is 2.80. The van der Waals surface area contributed by atoms with Gasteiger partial charge in [-0.1, -0.05) is 84.8 Å². The van der Waals surface area contributed by atoms with Gasteiger partial charge in [0.2, 0.25) is 0 Å². The summed E-state index contributed by atoms with van der Waals surface area (Å²) < 4.78 is 6.65. The number of aliphatic hydroxyl groups excluding tert-OH is 2. The Labute approximate surface area is 217 Å². The molecule has 0 saturated carbocycles. The van der Waals surface area contributed by atoms with Crippen molar-refractivity contribution in [3.8, 4) is 5.75 Å². The summed E-state index contributed by atoms with van der Waals surface area (Å²) >= 11 is 0. The van der Waals surface area contributed by atoms with Gasteiger partial charge in [0.05, 0.1) is 0 Å². The lowest BCUT2D eigenvalue weighted by Gasteiger charge is -2.37. The predicted octanol–water partition coefficient (Wildman–Crippen LogP) is 8.37. The molecule has 0 radical (unpaired) electrons. The summed E-state index contributed by atoms with van der Waals surface area (Å²) in [5.74, 6) is 3.69. The van der Waals surface area contributed by atoms with Crippen LogP contribution in [0.3, 0.4) is 0 Å². The van der Waals surface area contributed by atoms with Crippen LogP contribution in [0.1, 0.15) is 134 Å². The van der Waals surface area contributed by atoms with Crippen molar-refractivity contribution in [1.82, 2.24) is 0 Å². The third kappa shape index (κ3) is 10.4. The van der Waals surface area contributed by atoms with Crippen molar-refractivity contribution >= 4 is 0 Å². The highest BCUT2D eigenvalue weighted by Gasteiger charge is 2.32. The SMILES string of the molecule is Cc1cc(C(CO)CCCO)cc2c1OC(C)(CCC[C@H](C)CCC[C@H](C)CCCC(C)C)CC2. The van der Waals surface area contributed by atoms with Crippen LogP contribution in [0.5, 0.6) is 5.75 Å². The molecule has 1 aromatic carbocycles.